The van der Waals surface area contributed by atoms with E-state index in [0.717, 1.165) is 51.4 Å². The molecular weight excluding hydrogens is 672 g/mol. The van der Waals surface area contributed by atoms with Crippen LogP contribution in [0.25, 0.3) is 0 Å². The average Bonchev–Trinajstić information content (AvgIpc) is 3.56. The van der Waals surface area contributed by atoms with Crippen LogP contribution in [0.4, 0.5) is 0 Å². The summed E-state index contributed by atoms with van der Waals surface area (Å²) < 4.78 is 35.1. The Morgan fingerprint density at radius 1 is 0.788 bits per heavy atom. The van der Waals surface area contributed by atoms with Gasteiger partial charge in [-0.25, -0.2) is 0 Å². The summed E-state index contributed by atoms with van der Waals surface area (Å²) >= 11 is 0. The van der Waals surface area contributed by atoms with E-state index < -0.39 is 61.9 Å². The molecule has 12 nitrogen and oxygen atoms in total. The highest BCUT2D eigenvalue weighted by Crippen LogP contribution is 2.68. The predicted molar refractivity (Wildman–Crippen MR) is 191 cm³/mol. The van der Waals surface area contributed by atoms with Gasteiger partial charge in [0.15, 0.2) is 12.6 Å². The van der Waals surface area contributed by atoms with Gasteiger partial charge in [-0.05, 0) is 110 Å². The number of ether oxygens (including phenoxy) is 6. The van der Waals surface area contributed by atoms with Crippen LogP contribution in [0.2, 0.25) is 0 Å². The largest absolute Gasteiger partial charge is 0.394 e. The quantitative estimate of drug-likeness (QED) is 0.163. The maximum absolute atomic E-state index is 11.8. The second-order valence-electron chi connectivity index (χ2n) is 18.5. The fourth-order valence-corrected chi connectivity index (χ4v) is 12.4. The van der Waals surface area contributed by atoms with Crippen molar-refractivity contribution in [2.45, 2.75) is 160 Å². The molecule has 20 atom stereocenters. The molecule has 6 rings (SSSR count). The Hall–Kier alpha value is -0.480. The van der Waals surface area contributed by atoms with Gasteiger partial charge in [0.05, 0.1) is 38.1 Å². The highest BCUT2D eigenvalue weighted by molar-refractivity contribution is 5.13. The third-order valence-corrected chi connectivity index (χ3v) is 15.6. The second-order valence-corrected chi connectivity index (χ2v) is 18.5. The van der Waals surface area contributed by atoms with E-state index in [2.05, 4.69) is 34.6 Å². The average molecular weight is 743 g/mol. The van der Waals surface area contributed by atoms with E-state index >= 15 is 0 Å². The molecule has 2 aliphatic heterocycles. The van der Waals surface area contributed by atoms with Crippen LogP contribution >= 0.6 is 0 Å². The zero-order valence-corrected chi connectivity index (χ0v) is 32.6. The number of hydrogen-bond donors (Lipinski definition) is 6. The van der Waals surface area contributed by atoms with Crippen molar-refractivity contribution in [2.24, 2.45) is 58.2 Å². The Morgan fingerprint density at radius 3 is 2.19 bits per heavy atom. The van der Waals surface area contributed by atoms with Gasteiger partial charge in [0.2, 0.25) is 0 Å². The molecule has 2 saturated heterocycles. The Bertz CT molecular complexity index is 1160. The Morgan fingerprint density at radius 2 is 1.52 bits per heavy atom. The van der Waals surface area contributed by atoms with Gasteiger partial charge in [0.1, 0.15) is 36.6 Å². The summed E-state index contributed by atoms with van der Waals surface area (Å²) in [5, 5.41) is 65.3. The lowest BCUT2D eigenvalue weighted by molar-refractivity contribution is -0.310. The Labute approximate surface area is 310 Å². The minimum absolute atomic E-state index is 0.0106. The van der Waals surface area contributed by atoms with Crippen LogP contribution in [0.1, 0.15) is 92.4 Å². The van der Waals surface area contributed by atoms with E-state index in [9.17, 15) is 30.6 Å². The van der Waals surface area contributed by atoms with Crippen LogP contribution < -0.4 is 0 Å². The smallest absolute Gasteiger partial charge is 0.187 e. The molecule has 0 amide bonds. The summed E-state index contributed by atoms with van der Waals surface area (Å²) in [4.78, 5) is 0. The van der Waals surface area contributed by atoms with Crippen molar-refractivity contribution in [3.63, 3.8) is 0 Å². The third-order valence-electron chi connectivity index (χ3n) is 15.6. The molecule has 2 heterocycles. The molecule has 6 fully saturated rings. The summed E-state index contributed by atoms with van der Waals surface area (Å²) in [6, 6.07) is 0. The van der Waals surface area contributed by atoms with Gasteiger partial charge in [0, 0.05) is 14.2 Å². The van der Waals surface area contributed by atoms with Crippen molar-refractivity contribution < 1.29 is 59.1 Å². The molecule has 12 heteroatoms. The molecule has 0 spiro atoms. The number of aliphatic hydroxyl groups is 6. The van der Waals surface area contributed by atoms with Crippen molar-refractivity contribution in [3.05, 3.63) is 0 Å². The summed E-state index contributed by atoms with van der Waals surface area (Å²) in [5.41, 5.74) is 0.0249. The summed E-state index contributed by atoms with van der Waals surface area (Å²) in [6.07, 6.45) is -0.450. The van der Waals surface area contributed by atoms with E-state index in [1.54, 1.807) is 0 Å². The van der Waals surface area contributed by atoms with E-state index in [1.165, 1.54) is 14.2 Å². The lowest BCUT2D eigenvalue weighted by Gasteiger charge is -2.62. The van der Waals surface area contributed by atoms with Crippen molar-refractivity contribution >= 4 is 0 Å². The number of methoxy groups -OCH3 is 2. The molecule has 52 heavy (non-hydrogen) atoms. The summed E-state index contributed by atoms with van der Waals surface area (Å²) in [5.74, 6) is 2.37. The van der Waals surface area contributed by atoms with Crippen LogP contribution in [0.15, 0.2) is 0 Å². The molecule has 0 bridgehead atoms. The molecule has 4 saturated carbocycles. The first-order valence-corrected chi connectivity index (χ1v) is 20.3. The monoisotopic (exact) mass is 742 g/mol. The minimum atomic E-state index is -1.17. The fraction of sp³-hybridized carbons (Fsp3) is 1.00. The zero-order chi connectivity index (χ0) is 37.7. The van der Waals surface area contributed by atoms with Gasteiger partial charge >= 0.3 is 0 Å². The normalized spacial score (nSPS) is 50.4. The van der Waals surface area contributed by atoms with E-state index in [4.69, 9.17) is 28.4 Å². The van der Waals surface area contributed by atoms with Gasteiger partial charge in [-0.15, -0.1) is 0 Å². The predicted octanol–water partition coefficient (Wildman–Crippen LogP) is 2.86. The van der Waals surface area contributed by atoms with Crippen LogP contribution in [0, 0.1) is 58.2 Å². The lowest BCUT2D eigenvalue weighted by Crippen LogP contribution is -2.59. The molecule has 302 valence electrons. The maximum atomic E-state index is 11.8. The van der Waals surface area contributed by atoms with E-state index in [-0.39, 0.29) is 47.4 Å². The van der Waals surface area contributed by atoms with E-state index in [0.29, 0.717) is 42.6 Å². The Balaban J connectivity index is 1.08. The summed E-state index contributed by atoms with van der Waals surface area (Å²) in [7, 11) is 2.93. The molecule has 0 aromatic heterocycles. The van der Waals surface area contributed by atoms with E-state index in [1.807, 2.05) is 0 Å². The van der Waals surface area contributed by atoms with Gasteiger partial charge in [-0.3, -0.25) is 0 Å². The minimum Gasteiger partial charge on any atom is -0.394 e. The number of fused-ring (bicyclic) bond motifs is 5. The van der Waals surface area contributed by atoms with Crippen molar-refractivity contribution in [2.75, 3.05) is 34.0 Å². The summed E-state index contributed by atoms with van der Waals surface area (Å²) in [6.45, 7) is 11.5. The Kier molecular flexibility index (Phi) is 13.1. The molecular formula is C40H70O12. The van der Waals surface area contributed by atoms with Crippen molar-refractivity contribution in [1.29, 1.82) is 0 Å². The third kappa shape index (κ3) is 7.52. The van der Waals surface area contributed by atoms with Gasteiger partial charge < -0.3 is 59.1 Å². The van der Waals surface area contributed by atoms with Gasteiger partial charge in [-0.1, -0.05) is 41.0 Å². The number of hydrogen-bond acceptors (Lipinski definition) is 12. The first-order valence-electron chi connectivity index (χ1n) is 20.3. The van der Waals surface area contributed by atoms with Crippen LogP contribution in [0.3, 0.4) is 0 Å². The number of rotatable bonds is 13. The second kappa shape index (κ2) is 16.5. The van der Waals surface area contributed by atoms with Crippen LogP contribution in [-0.2, 0) is 28.4 Å². The van der Waals surface area contributed by atoms with Gasteiger partial charge in [0.25, 0.3) is 0 Å². The molecule has 6 aliphatic rings. The topological polar surface area (TPSA) is 177 Å². The van der Waals surface area contributed by atoms with Crippen molar-refractivity contribution in [1.82, 2.24) is 0 Å². The highest BCUT2D eigenvalue weighted by Gasteiger charge is 2.64. The van der Waals surface area contributed by atoms with Crippen LogP contribution in [-0.4, -0.2) is 132 Å². The molecule has 0 aromatic rings. The lowest BCUT2D eigenvalue weighted by atomic mass is 9.43. The molecule has 0 radical (unpaired) electrons. The molecule has 4 aliphatic carbocycles. The zero-order valence-electron chi connectivity index (χ0n) is 32.6. The SMILES string of the molecule is CO[C@H]1[C@H](O[C@H]2[C@H](OC[C@@H](CC[C@@H](C)[C@H]3C[C@@H](O)[C@H]4[C@@H]5C[C@H](O)[C@H]6C[C@@H](O)CC[C@]6(C)[C@H]5CC[C@@]43C)C(C)C)O[C@@H](CO)[C@@H]2O)OC[C@@H](OC)[C@@H]1O. The maximum Gasteiger partial charge on any atom is 0.187 e. The number of aliphatic hydroxyl groups excluding tert-OH is 6. The molecule has 0 unspecified atom stereocenters. The first-order chi connectivity index (χ1) is 24.7. The standard InChI is InChI=1S/C40H70O12/c1-20(2)22(18-49-38-36(33(45)30(17-41)51-38)52-37-35(48-7)34(46)31(47-6)19-50-37)9-8-21(3)26-16-29(44)32-24-15-28(43)27-14-23(42)10-12-39(27,4)25(24)11-13-40(26,32)5/h20-38,41-46H,8-19H2,1-7H3/t21-,22-,23+,24-,25+,26-,27-,28+,29-,30+,31-,32-,33+,34+,35-,36-,37+,38-,39-,40-/m1/s1. The van der Waals surface area contributed by atoms with Gasteiger partial charge in [-0.2, -0.15) is 0 Å². The molecule has 0 aromatic carbocycles. The highest BCUT2D eigenvalue weighted by atomic mass is 16.8. The van der Waals surface area contributed by atoms with Crippen LogP contribution in [0.5, 0.6) is 0 Å². The molecule has 6 N–H and O–H groups in total. The van der Waals surface area contributed by atoms with Crippen molar-refractivity contribution in [3.8, 4) is 0 Å². The first kappa shape index (κ1) is 41.2. The fourth-order valence-electron chi connectivity index (χ4n) is 12.4.